The molecule has 0 rings (SSSR count). The molecular formula is C12H28Ni3O20. The number of hydrogen-bond acceptors (Lipinski definition) is 8. The van der Waals surface area contributed by atoms with E-state index in [1.807, 2.05) is 0 Å². The van der Waals surface area contributed by atoms with Crippen molar-refractivity contribution in [2.45, 2.75) is 36.9 Å². The smallest absolute Gasteiger partial charge is 0.336 e. The van der Waals surface area contributed by atoms with Gasteiger partial charge in [0.25, 0.3) is 0 Å². The van der Waals surface area contributed by atoms with Crippen molar-refractivity contribution in [2.75, 3.05) is 0 Å². The van der Waals surface area contributed by atoms with Crippen LogP contribution in [0, 0.1) is 0 Å². The maximum Gasteiger partial charge on any atom is 0.336 e. The molecule has 0 aromatic carbocycles. The summed E-state index contributed by atoms with van der Waals surface area (Å²) in [5.41, 5.74) is -5.48. The Bertz CT molecular complexity index is 526. The van der Waals surface area contributed by atoms with Gasteiger partial charge in [-0.3, -0.25) is 19.2 Å². The molecule has 0 spiro atoms. The summed E-state index contributed by atoms with van der Waals surface area (Å²) < 4.78 is 0. The van der Waals surface area contributed by atoms with Gasteiger partial charge in [-0.25, -0.2) is 9.59 Å². The normalized spacial score (nSPS) is 8.06. The Labute approximate surface area is 224 Å². The third-order valence-corrected chi connectivity index (χ3v) is 2.57. The number of rotatable bonds is 10. The van der Waals surface area contributed by atoms with E-state index in [1.54, 1.807) is 0 Å². The molecule has 226 valence electrons. The van der Waals surface area contributed by atoms with Crippen LogP contribution in [0.4, 0.5) is 0 Å². The molecule has 0 saturated heterocycles. The van der Waals surface area contributed by atoms with Crippen LogP contribution < -0.4 is 0 Å². The van der Waals surface area contributed by atoms with Gasteiger partial charge in [-0.1, -0.05) is 0 Å². The zero-order chi connectivity index (χ0) is 21.3. The van der Waals surface area contributed by atoms with Gasteiger partial charge < -0.3 is 73.7 Å². The van der Waals surface area contributed by atoms with Gasteiger partial charge in [0.2, 0.25) is 0 Å². The first kappa shape index (κ1) is 69.8. The van der Waals surface area contributed by atoms with Crippen LogP contribution in [-0.2, 0) is 78.2 Å². The molecule has 0 aliphatic rings. The minimum atomic E-state index is -2.74. The first-order valence-corrected chi connectivity index (χ1v) is 6.34. The predicted molar refractivity (Wildman–Crippen MR) is 95.9 cm³/mol. The molecule has 0 aliphatic heterocycles. The Balaban J connectivity index is -0.0000000291. The summed E-state index contributed by atoms with van der Waals surface area (Å²) in [5, 5.41) is 67.6. The van der Waals surface area contributed by atoms with Crippen molar-refractivity contribution in [3.63, 3.8) is 0 Å². The topological polar surface area (TPSA) is 453 Å². The Morgan fingerprint density at radius 3 is 0.571 bits per heavy atom. The zero-order valence-corrected chi connectivity index (χ0v) is 19.8. The first-order valence-electron chi connectivity index (χ1n) is 6.34. The molecular weight excluding hydrogens is 640 g/mol. The standard InChI is InChI=1S/2C6H8O7.3Ni.6H2O/c2*7-3(8)1-6(13,5(11)12)2-4(9)10;;;;;;;;;/h2*13H,1-2H2,(H,7,8)(H,9,10)(H,11,12);;;;6*1H2. The van der Waals surface area contributed by atoms with Crippen LogP contribution in [0.5, 0.6) is 0 Å². The molecule has 0 radical (unpaired) electrons. The van der Waals surface area contributed by atoms with Crippen molar-refractivity contribution >= 4 is 35.8 Å². The average molecular weight is 668 g/mol. The molecule has 0 amide bonds. The van der Waals surface area contributed by atoms with E-state index in [-0.39, 0.29) is 82.3 Å². The van der Waals surface area contributed by atoms with Gasteiger partial charge >= 0.3 is 35.8 Å². The number of carboxylic acid groups (broad SMARTS) is 6. The molecule has 0 bridgehead atoms. The molecule has 20 N–H and O–H groups in total. The second-order valence-corrected chi connectivity index (χ2v) is 4.96. The Morgan fingerprint density at radius 2 is 0.514 bits per heavy atom. The van der Waals surface area contributed by atoms with Gasteiger partial charge in [-0.05, 0) is 0 Å². The quantitative estimate of drug-likeness (QED) is 0.100. The van der Waals surface area contributed by atoms with E-state index in [0.717, 1.165) is 0 Å². The third-order valence-electron chi connectivity index (χ3n) is 2.57. The first-order chi connectivity index (χ1) is 11.6. The van der Waals surface area contributed by atoms with E-state index in [2.05, 4.69) is 0 Å². The van der Waals surface area contributed by atoms with Gasteiger partial charge in [-0.15, -0.1) is 0 Å². The van der Waals surface area contributed by atoms with Crippen LogP contribution >= 0.6 is 0 Å². The molecule has 0 saturated carbocycles. The molecule has 0 atom stereocenters. The van der Waals surface area contributed by atoms with Crippen LogP contribution in [0.25, 0.3) is 0 Å². The number of carbonyl (C=O) groups is 6. The number of carboxylic acids is 6. The van der Waals surface area contributed by atoms with E-state index >= 15 is 0 Å². The maximum absolute atomic E-state index is 10.3. The Morgan fingerprint density at radius 1 is 0.400 bits per heavy atom. The zero-order valence-electron chi connectivity index (χ0n) is 16.8. The van der Waals surface area contributed by atoms with E-state index < -0.39 is 72.7 Å². The van der Waals surface area contributed by atoms with Gasteiger partial charge in [0.15, 0.2) is 11.2 Å². The summed E-state index contributed by atoms with van der Waals surface area (Å²) in [5.74, 6) is -10.0. The van der Waals surface area contributed by atoms with Crippen molar-refractivity contribution < 1.29 is 152 Å². The van der Waals surface area contributed by atoms with E-state index in [9.17, 15) is 28.8 Å². The van der Waals surface area contributed by atoms with Crippen molar-refractivity contribution in [3.8, 4) is 0 Å². The number of aliphatic hydroxyl groups is 2. The van der Waals surface area contributed by atoms with E-state index in [4.69, 9.17) is 40.9 Å². The van der Waals surface area contributed by atoms with Crippen molar-refractivity contribution in [1.82, 2.24) is 0 Å². The molecule has 0 unspecified atom stereocenters. The Hall–Kier alpha value is -2.02. The Kier molecular flexibility index (Phi) is 59.9. The third kappa shape index (κ3) is 32.0. The SMILES string of the molecule is O.O.O.O.O.O.O=C(O)CC(O)(CC(=O)O)C(=O)O.O=C(O)CC(O)(CC(=O)O)C(=O)O.[Ni].[Ni].[Ni]. The molecule has 0 heterocycles. The van der Waals surface area contributed by atoms with Crippen LogP contribution in [0.2, 0.25) is 0 Å². The van der Waals surface area contributed by atoms with Gasteiger partial charge in [0.05, 0.1) is 25.7 Å². The number of hydrogen-bond donors (Lipinski definition) is 8. The second-order valence-electron chi connectivity index (χ2n) is 4.96. The molecule has 0 aliphatic carbocycles. The van der Waals surface area contributed by atoms with Crippen LogP contribution in [-0.4, -0.2) is 121 Å². The largest absolute Gasteiger partial charge is 0.481 e. The van der Waals surface area contributed by atoms with Crippen LogP contribution in [0.1, 0.15) is 25.7 Å². The fraction of sp³-hybridized carbons (Fsp3) is 0.500. The summed E-state index contributed by atoms with van der Waals surface area (Å²) in [7, 11) is 0. The summed E-state index contributed by atoms with van der Waals surface area (Å²) >= 11 is 0. The van der Waals surface area contributed by atoms with E-state index in [1.165, 1.54) is 0 Å². The summed E-state index contributed by atoms with van der Waals surface area (Å²) in [6.45, 7) is 0. The van der Waals surface area contributed by atoms with Crippen LogP contribution in [0.15, 0.2) is 0 Å². The molecule has 23 heteroatoms. The van der Waals surface area contributed by atoms with Crippen LogP contribution in [0.3, 0.4) is 0 Å². The molecule has 0 aromatic heterocycles. The molecule has 0 aromatic rings. The van der Waals surface area contributed by atoms with Gasteiger partial charge in [0.1, 0.15) is 0 Å². The summed E-state index contributed by atoms with van der Waals surface area (Å²) in [6.07, 6.45) is -4.58. The second kappa shape index (κ2) is 30.0. The van der Waals surface area contributed by atoms with Gasteiger partial charge in [-0.2, -0.15) is 0 Å². The molecule has 20 nitrogen and oxygen atoms in total. The monoisotopic (exact) mass is 666 g/mol. The number of aliphatic carboxylic acids is 6. The fourth-order valence-electron chi connectivity index (χ4n) is 1.43. The predicted octanol–water partition coefficient (Wildman–Crippen LogP) is -7.45. The van der Waals surface area contributed by atoms with Gasteiger partial charge in [0, 0.05) is 49.5 Å². The molecule has 35 heavy (non-hydrogen) atoms. The fourth-order valence-corrected chi connectivity index (χ4v) is 1.43. The minimum absolute atomic E-state index is 0. The average Bonchev–Trinajstić information content (AvgIpc) is 2.34. The summed E-state index contributed by atoms with van der Waals surface area (Å²) in [6, 6.07) is 0. The van der Waals surface area contributed by atoms with Crippen molar-refractivity contribution in [1.29, 1.82) is 0 Å². The maximum atomic E-state index is 10.3. The van der Waals surface area contributed by atoms with Crippen molar-refractivity contribution in [2.24, 2.45) is 0 Å². The molecule has 0 fully saturated rings. The minimum Gasteiger partial charge on any atom is -0.481 e. The van der Waals surface area contributed by atoms with E-state index in [0.29, 0.717) is 0 Å². The van der Waals surface area contributed by atoms with Crippen molar-refractivity contribution in [3.05, 3.63) is 0 Å². The summed E-state index contributed by atoms with van der Waals surface area (Å²) in [4.78, 5) is 61.0.